The second-order valence-electron chi connectivity index (χ2n) is 4.09. The summed E-state index contributed by atoms with van der Waals surface area (Å²) in [6, 6.07) is 7.57. The van der Waals surface area contributed by atoms with Gasteiger partial charge in [0.2, 0.25) is 0 Å². The summed E-state index contributed by atoms with van der Waals surface area (Å²) in [7, 11) is 0. The molecule has 0 radical (unpaired) electrons. The number of nitrogens with zero attached hydrogens (tertiary/aromatic N) is 1. The molecule has 4 heteroatoms. The number of benzene rings is 1. The predicted octanol–water partition coefficient (Wildman–Crippen LogP) is 3.32. The Bertz CT molecular complexity index is 560. The molecule has 0 bridgehead atoms. The molecule has 0 saturated carbocycles. The first kappa shape index (κ1) is 11.8. The van der Waals surface area contributed by atoms with Crippen LogP contribution in [0.1, 0.15) is 27.2 Å². The molecule has 0 aliphatic heterocycles. The zero-order valence-electron chi connectivity index (χ0n) is 10.1. The van der Waals surface area contributed by atoms with Crippen LogP contribution >= 0.6 is 11.5 Å². The standard InChI is InChI=1S/C13H14N2OS/c1-8-4-5-11(6-9(8)2)13(16)14-12-7-10(3)15-17-12/h4-7H,1-3H3,(H,14,16). The van der Waals surface area contributed by atoms with Crippen molar-refractivity contribution < 1.29 is 4.79 Å². The van der Waals surface area contributed by atoms with Crippen LogP contribution in [0, 0.1) is 20.8 Å². The van der Waals surface area contributed by atoms with Crippen LogP contribution < -0.4 is 5.32 Å². The average Bonchev–Trinajstić information content (AvgIpc) is 2.68. The highest BCUT2D eigenvalue weighted by Crippen LogP contribution is 2.17. The van der Waals surface area contributed by atoms with Crippen molar-refractivity contribution in [3.8, 4) is 0 Å². The minimum Gasteiger partial charge on any atom is -0.312 e. The van der Waals surface area contributed by atoms with Crippen LogP contribution in [0.3, 0.4) is 0 Å². The topological polar surface area (TPSA) is 42.0 Å². The van der Waals surface area contributed by atoms with E-state index in [0.29, 0.717) is 5.56 Å². The Labute approximate surface area is 105 Å². The Morgan fingerprint density at radius 2 is 1.94 bits per heavy atom. The molecule has 0 aliphatic carbocycles. The first-order chi connectivity index (χ1) is 8.06. The lowest BCUT2D eigenvalue weighted by Crippen LogP contribution is -2.11. The molecule has 0 fully saturated rings. The summed E-state index contributed by atoms with van der Waals surface area (Å²) < 4.78 is 4.12. The molecule has 88 valence electrons. The van der Waals surface area contributed by atoms with Gasteiger partial charge in [0.1, 0.15) is 5.00 Å². The third-order valence-corrected chi connectivity index (χ3v) is 3.43. The molecule has 1 aromatic carbocycles. The smallest absolute Gasteiger partial charge is 0.256 e. The highest BCUT2D eigenvalue weighted by Gasteiger charge is 2.08. The maximum atomic E-state index is 12.0. The van der Waals surface area contributed by atoms with Crippen molar-refractivity contribution in [1.82, 2.24) is 4.37 Å². The lowest BCUT2D eigenvalue weighted by Gasteiger charge is -2.05. The highest BCUT2D eigenvalue weighted by atomic mass is 32.1. The number of aromatic nitrogens is 1. The molecule has 0 unspecified atom stereocenters. The maximum Gasteiger partial charge on any atom is 0.256 e. The fourth-order valence-corrected chi connectivity index (χ4v) is 2.15. The van der Waals surface area contributed by atoms with Gasteiger partial charge >= 0.3 is 0 Å². The van der Waals surface area contributed by atoms with Gasteiger partial charge < -0.3 is 5.32 Å². The molecule has 2 aromatic rings. The van der Waals surface area contributed by atoms with Gasteiger partial charge in [0.05, 0.1) is 5.69 Å². The number of hydrogen-bond acceptors (Lipinski definition) is 3. The van der Waals surface area contributed by atoms with E-state index in [1.54, 1.807) is 0 Å². The first-order valence-corrected chi connectivity index (χ1v) is 6.15. The van der Waals surface area contributed by atoms with Crippen molar-refractivity contribution in [2.45, 2.75) is 20.8 Å². The highest BCUT2D eigenvalue weighted by molar-refractivity contribution is 7.10. The van der Waals surface area contributed by atoms with Crippen LogP contribution in [0.5, 0.6) is 0 Å². The van der Waals surface area contributed by atoms with Crippen molar-refractivity contribution in [2.24, 2.45) is 0 Å². The number of rotatable bonds is 2. The Balaban J connectivity index is 2.17. The zero-order valence-corrected chi connectivity index (χ0v) is 10.9. The summed E-state index contributed by atoms with van der Waals surface area (Å²) in [4.78, 5) is 12.0. The maximum absolute atomic E-state index is 12.0. The molecule has 0 saturated heterocycles. The summed E-state index contributed by atoms with van der Waals surface area (Å²) in [5.41, 5.74) is 3.91. The number of anilines is 1. The Morgan fingerprint density at radius 3 is 2.53 bits per heavy atom. The van der Waals surface area contributed by atoms with E-state index < -0.39 is 0 Å². The molecule has 1 amide bonds. The summed E-state index contributed by atoms with van der Waals surface area (Å²) >= 11 is 1.30. The van der Waals surface area contributed by atoms with Crippen LogP contribution in [-0.2, 0) is 0 Å². The van der Waals surface area contributed by atoms with Gasteiger partial charge in [-0.1, -0.05) is 6.07 Å². The summed E-state index contributed by atoms with van der Waals surface area (Å²) in [6.45, 7) is 5.94. The summed E-state index contributed by atoms with van der Waals surface area (Å²) in [5.74, 6) is -0.0863. The lowest BCUT2D eigenvalue weighted by atomic mass is 10.1. The Kier molecular flexibility index (Phi) is 3.24. The van der Waals surface area contributed by atoms with Gasteiger partial charge in [0.15, 0.2) is 0 Å². The summed E-state index contributed by atoms with van der Waals surface area (Å²) in [6.07, 6.45) is 0. The van der Waals surface area contributed by atoms with Crippen molar-refractivity contribution in [3.63, 3.8) is 0 Å². The molecule has 0 aliphatic rings. The van der Waals surface area contributed by atoms with Crippen molar-refractivity contribution in [3.05, 3.63) is 46.6 Å². The average molecular weight is 246 g/mol. The van der Waals surface area contributed by atoms with Gasteiger partial charge in [-0.05, 0) is 61.6 Å². The SMILES string of the molecule is Cc1cc(NC(=O)c2ccc(C)c(C)c2)sn1. The zero-order chi connectivity index (χ0) is 12.4. The third kappa shape index (κ3) is 2.71. The van der Waals surface area contributed by atoms with Gasteiger partial charge in [-0.2, -0.15) is 4.37 Å². The van der Waals surface area contributed by atoms with Crippen molar-refractivity contribution in [1.29, 1.82) is 0 Å². The van der Waals surface area contributed by atoms with E-state index in [1.807, 2.05) is 45.0 Å². The molecule has 17 heavy (non-hydrogen) atoms. The molecular formula is C13H14N2OS. The minimum atomic E-state index is -0.0863. The fraction of sp³-hybridized carbons (Fsp3) is 0.231. The Hall–Kier alpha value is -1.68. The molecule has 1 aromatic heterocycles. The number of carbonyl (C=O) groups excluding carboxylic acids is 1. The molecule has 2 rings (SSSR count). The van der Waals surface area contributed by atoms with E-state index in [2.05, 4.69) is 9.69 Å². The first-order valence-electron chi connectivity index (χ1n) is 5.38. The number of carbonyl (C=O) groups is 1. The van der Waals surface area contributed by atoms with Crippen LogP contribution in [0.15, 0.2) is 24.3 Å². The quantitative estimate of drug-likeness (QED) is 0.883. The van der Waals surface area contributed by atoms with Crippen LogP contribution in [-0.4, -0.2) is 10.3 Å². The van der Waals surface area contributed by atoms with E-state index >= 15 is 0 Å². The second kappa shape index (κ2) is 4.67. The van der Waals surface area contributed by atoms with Gasteiger partial charge in [-0.25, -0.2) is 0 Å². The van der Waals surface area contributed by atoms with Crippen LogP contribution in [0.4, 0.5) is 5.00 Å². The normalized spacial score (nSPS) is 10.3. The van der Waals surface area contributed by atoms with E-state index in [0.717, 1.165) is 16.3 Å². The lowest BCUT2D eigenvalue weighted by molar-refractivity contribution is 0.102. The molecule has 0 atom stereocenters. The Morgan fingerprint density at radius 1 is 1.18 bits per heavy atom. The number of aryl methyl sites for hydroxylation is 3. The van der Waals surface area contributed by atoms with Crippen LogP contribution in [0.25, 0.3) is 0 Å². The van der Waals surface area contributed by atoms with Gasteiger partial charge in [-0.15, -0.1) is 0 Å². The van der Waals surface area contributed by atoms with E-state index in [4.69, 9.17) is 0 Å². The molecule has 3 nitrogen and oxygen atoms in total. The third-order valence-electron chi connectivity index (χ3n) is 2.63. The van der Waals surface area contributed by atoms with Gasteiger partial charge in [0, 0.05) is 5.56 Å². The predicted molar refractivity (Wildman–Crippen MR) is 70.7 cm³/mol. The van der Waals surface area contributed by atoms with Crippen molar-refractivity contribution in [2.75, 3.05) is 5.32 Å². The van der Waals surface area contributed by atoms with E-state index in [1.165, 1.54) is 17.1 Å². The number of amides is 1. The largest absolute Gasteiger partial charge is 0.312 e. The molecule has 1 heterocycles. The summed E-state index contributed by atoms with van der Waals surface area (Å²) in [5, 5.41) is 3.63. The van der Waals surface area contributed by atoms with E-state index in [-0.39, 0.29) is 5.91 Å². The van der Waals surface area contributed by atoms with Gasteiger partial charge in [0.25, 0.3) is 5.91 Å². The van der Waals surface area contributed by atoms with Crippen LogP contribution in [0.2, 0.25) is 0 Å². The van der Waals surface area contributed by atoms with Crippen molar-refractivity contribution >= 4 is 22.4 Å². The molecular weight excluding hydrogens is 232 g/mol. The molecule has 1 N–H and O–H groups in total. The number of hydrogen-bond donors (Lipinski definition) is 1. The fourth-order valence-electron chi connectivity index (χ4n) is 1.49. The minimum absolute atomic E-state index is 0.0863. The monoisotopic (exact) mass is 246 g/mol. The number of nitrogens with one attached hydrogen (secondary N) is 1. The second-order valence-corrected chi connectivity index (χ2v) is 4.89. The van der Waals surface area contributed by atoms with E-state index in [9.17, 15) is 4.79 Å². The molecule has 0 spiro atoms. The van der Waals surface area contributed by atoms with Gasteiger partial charge in [-0.3, -0.25) is 4.79 Å².